The summed E-state index contributed by atoms with van der Waals surface area (Å²) in [4.78, 5) is 64.5. The van der Waals surface area contributed by atoms with Gasteiger partial charge >= 0.3 is 90.0 Å². The van der Waals surface area contributed by atoms with Gasteiger partial charge in [0.25, 0.3) is 0 Å². The van der Waals surface area contributed by atoms with Crippen LogP contribution in [-0.4, -0.2) is 105 Å². The zero-order chi connectivity index (χ0) is 23.0. The number of carboxylic acids is 4. The second-order valence-electron chi connectivity index (χ2n) is 5.39. The molecule has 0 aromatic carbocycles. The summed E-state index contributed by atoms with van der Waals surface area (Å²) < 4.78 is 8.99. The van der Waals surface area contributed by atoms with Crippen LogP contribution in [-0.2, 0) is 59.5 Å². The van der Waals surface area contributed by atoms with Crippen molar-refractivity contribution in [2.75, 3.05) is 39.3 Å². The molecule has 0 atom stereocenters. The maximum Gasteiger partial charge on any atom is 0.317 e. The first-order chi connectivity index (χ1) is 13.3. The Morgan fingerprint density at radius 1 is 0.621 bits per heavy atom. The SMILES string of the molecule is CC(=O)[O][Hg][O]C(C)=O.O=C(O)CN(CCN(CC(=O)O)CC(=O)O)CC(=O)O. The Kier molecular flexibility index (Phi) is 16.5. The van der Waals surface area contributed by atoms with E-state index in [4.69, 9.17) is 20.4 Å². The molecule has 0 aliphatic heterocycles. The molecule has 15 heteroatoms. The topological polar surface area (TPSA) is 208 Å². The van der Waals surface area contributed by atoms with Gasteiger partial charge in [0.15, 0.2) is 0 Å². The van der Waals surface area contributed by atoms with Gasteiger partial charge in [-0.05, 0) is 0 Å². The molecule has 0 aromatic rings. The molecule has 0 unspecified atom stereocenters. The van der Waals surface area contributed by atoms with Crippen molar-refractivity contribution in [1.29, 1.82) is 0 Å². The molecule has 0 amide bonds. The quantitative estimate of drug-likeness (QED) is 0.166. The molecule has 0 aromatic heterocycles. The van der Waals surface area contributed by atoms with Crippen LogP contribution in [0.5, 0.6) is 0 Å². The van der Waals surface area contributed by atoms with E-state index in [1.807, 2.05) is 0 Å². The van der Waals surface area contributed by atoms with Gasteiger partial charge in [0.1, 0.15) is 0 Å². The molecule has 0 bridgehead atoms. The van der Waals surface area contributed by atoms with Crippen molar-refractivity contribution in [1.82, 2.24) is 9.80 Å². The van der Waals surface area contributed by atoms with Crippen molar-refractivity contribution in [3.63, 3.8) is 0 Å². The smallest absolute Gasteiger partial charge is 0.317 e. The molecule has 0 saturated heterocycles. The summed E-state index contributed by atoms with van der Waals surface area (Å²) in [6.45, 7) is 0.340. The summed E-state index contributed by atoms with van der Waals surface area (Å²) in [6.07, 6.45) is 0. The second kappa shape index (κ2) is 16.6. The van der Waals surface area contributed by atoms with Crippen molar-refractivity contribution in [2.45, 2.75) is 13.8 Å². The summed E-state index contributed by atoms with van der Waals surface area (Å²) in [5.41, 5.74) is 0. The van der Waals surface area contributed by atoms with E-state index in [-0.39, 0.29) is 25.0 Å². The summed E-state index contributed by atoms with van der Waals surface area (Å²) in [5.74, 6) is -5.64. The minimum atomic E-state index is -2.04. The van der Waals surface area contributed by atoms with Gasteiger partial charge in [-0.2, -0.15) is 0 Å². The van der Waals surface area contributed by atoms with E-state index in [1.165, 1.54) is 13.8 Å². The fraction of sp³-hybridized carbons (Fsp3) is 0.571. The Morgan fingerprint density at radius 2 is 0.862 bits per heavy atom. The normalized spacial score (nSPS) is 9.66. The van der Waals surface area contributed by atoms with Crippen LogP contribution in [0.2, 0.25) is 0 Å². The van der Waals surface area contributed by atoms with Crippen LogP contribution in [0.25, 0.3) is 0 Å². The fourth-order valence-corrected chi connectivity index (χ4v) is 3.19. The molecular weight excluding hydrogens is 589 g/mol. The van der Waals surface area contributed by atoms with Crippen molar-refractivity contribution in [2.24, 2.45) is 0 Å². The van der Waals surface area contributed by atoms with Gasteiger partial charge in [-0.1, -0.05) is 0 Å². The Morgan fingerprint density at radius 3 is 1.03 bits per heavy atom. The van der Waals surface area contributed by atoms with E-state index in [0.29, 0.717) is 0 Å². The Hall–Kier alpha value is -2.32. The first-order valence-electron chi connectivity index (χ1n) is 7.92. The fourth-order valence-electron chi connectivity index (χ4n) is 1.67. The van der Waals surface area contributed by atoms with Crippen molar-refractivity contribution < 1.29 is 80.0 Å². The first-order valence-corrected chi connectivity index (χ1v) is 12.4. The largest absolute Gasteiger partial charge is 0.480 e. The molecule has 0 fully saturated rings. The molecule has 0 rings (SSSR count). The molecule has 0 aliphatic rings. The summed E-state index contributed by atoms with van der Waals surface area (Å²) in [7, 11) is 0. The predicted octanol–water partition coefficient (Wildman–Crippen LogP) is -2.05. The zero-order valence-electron chi connectivity index (χ0n) is 15.9. The maximum absolute atomic E-state index is 10.6. The number of carbonyl (C=O) groups excluding carboxylic acids is 2. The number of rotatable bonds is 13. The first kappa shape index (κ1) is 28.9. The zero-order valence-corrected chi connectivity index (χ0v) is 21.4. The van der Waals surface area contributed by atoms with Gasteiger partial charge in [-0.15, -0.1) is 0 Å². The van der Waals surface area contributed by atoms with Crippen LogP contribution >= 0.6 is 0 Å². The third-order valence-corrected chi connectivity index (χ3v) is 6.77. The molecule has 162 valence electrons. The number of carboxylic acid groups (broad SMARTS) is 4. The summed E-state index contributed by atoms with van der Waals surface area (Å²) in [5, 5.41) is 34.5. The molecule has 0 aliphatic carbocycles. The minimum absolute atomic E-state index is 0.0703. The van der Waals surface area contributed by atoms with Gasteiger partial charge in [0.2, 0.25) is 0 Å². The van der Waals surface area contributed by atoms with E-state index in [0.717, 1.165) is 9.80 Å². The number of hydrogen-bond acceptors (Lipinski definition) is 10. The molecular formula is C14H22HgN2O12. The van der Waals surface area contributed by atoms with Gasteiger partial charge < -0.3 is 20.4 Å². The molecule has 29 heavy (non-hydrogen) atoms. The molecule has 14 nitrogen and oxygen atoms in total. The second-order valence-corrected chi connectivity index (χ2v) is 8.55. The Labute approximate surface area is 178 Å². The molecule has 0 heterocycles. The van der Waals surface area contributed by atoms with Crippen LogP contribution in [0.1, 0.15) is 13.8 Å². The predicted molar refractivity (Wildman–Crippen MR) is 87.0 cm³/mol. The average Bonchev–Trinajstić information content (AvgIpc) is 2.50. The molecule has 0 saturated carbocycles. The van der Waals surface area contributed by atoms with Crippen LogP contribution < -0.4 is 0 Å². The molecule has 0 radical (unpaired) electrons. The van der Waals surface area contributed by atoms with Crippen LogP contribution in [0.3, 0.4) is 0 Å². The number of carbonyl (C=O) groups is 6. The number of nitrogens with zero attached hydrogens (tertiary/aromatic N) is 2. The monoisotopic (exact) mass is 612 g/mol. The Balaban J connectivity index is 0. The van der Waals surface area contributed by atoms with E-state index in [1.54, 1.807) is 0 Å². The van der Waals surface area contributed by atoms with Crippen molar-refractivity contribution in [3.05, 3.63) is 0 Å². The van der Waals surface area contributed by atoms with E-state index in [2.05, 4.69) is 5.29 Å². The standard InChI is InChI=1S/C10H16N2O8.2C2H4O2.Hg/c13-7(14)3-11(4-8(15)16)1-2-12(5-9(17)18)6-10(19)20;2*1-2(3)4;/h1-6H2,(H,13,14)(H,15,16)(H,17,18)(H,19,20);2*1H3,(H,3,4);/q;;;+2/p-2. The third kappa shape index (κ3) is 23.6. The van der Waals surface area contributed by atoms with E-state index < -0.39 is 75.5 Å². The van der Waals surface area contributed by atoms with Gasteiger partial charge in [-0.25, -0.2) is 0 Å². The number of hydrogen-bond donors (Lipinski definition) is 4. The number of aliphatic carboxylic acids is 4. The minimum Gasteiger partial charge on any atom is -0.480 e. The van der Waals surface area contributed by atoms with Crippen LogP contribution in [0.15, 0.2) is 0 Å². The van der Waals surface area contributed by atoms with Gasteiger partial charge in [0.05, 0.1) is 26.2 Å². The van der Waals surface area contributed by atoms with E-state index >= 15 is 0 Å². The third-order valence-electron chi connectivity index (χ3n) is 2.69. The van der Waals surface area contributed by atoms with E-state index in [9.17, 15) is 28.8 Å². The summed E-state index contributed by atoms with van der Waals surface area (Å²) >= 11 is -2.04. The maximum atomic E-state index is 10.6. The van der Waals surface area contributed by atoms with Gasteiger partial charge in [0, 0.05) is 13.1 Å². The Bertz CT molecular complexity index is 515. The average molecular weight is 611 g/mol. The summed E-state index contributed by atoms with van der Waals surface area (Å²) in [6, 6.07) is 0. The van der Waals surface area contributed by atoms with Crippen LogP contribution in [0.4, 0.5) is 0 Å². The van der Waals surface area contributed by atoms with Crippen LogP contribution in [0, 0.1) is 0 Å². The van der Waals surface area contributed by atoms with Crippen molar-refractivity contribution >= 4 is 35.8 Å². The van der Waals surface area contributed by atoms with Gasteiger partial charge in [-0.3, -0.25) is 29.0 Å². The van der Waals surface area contributed by atoms with Crippen molar-refractivity contribution in [3.8, 4) is 0 Å². The molecule has 4 N–H and O–H groups in total. The molecule has 0 spiro atoms.